The third kappa shape index (κ3) is 7.44. The van der Waals surface area contributed by atoms with Gasteiger partial charge in [-0.25, -0.2) is 14.4 Å². The summed E-state index contributed by atoms with van der Waals surface area (Å²) in [6.07, 6.45) is 2.66. The summed E-state index contributed by atoms with van der Waals surface area (Å²) in [5, 5.41) is 14.7. The van der Waals surface area contributed by atoms with Gasteiger partial charge in [0, 0.05) is 63.3 Å². The second-order valence-corrected chi connectivity index (χ2v) is 11.2. The highest BCUT2D eigenvalue weighted by Crippen LogP contribution is 2.35. The minimum absolute atomic E-state index is 0.0969. The van der Waals surface area contributed by atoms with Crippen molar-refractivity contribution in [1.82, 2.24) is 19.8 Å². The zero-order chi connectivity index (χ0) is 28.9. The Morgan fingerprint density at radius 1 is 1.07 bits per heavy atom. The van der Waals surface area contributed by atoms with Crippen LogP contribution in [-0.4, -0.2) is 90.6 Å². The highest BCUT2D eigenvalue weighted by molar-refractivity contribution is 6.34. The number of ether oxygens (including phenoxy) is 1. The minimum Gasteiger partial charge on any atom is -0.506 e. The second-order valence-electron chi connectivity index (χ2n) is 10.4. The molecule has 0 bridgehead atoms. The molecule has 2 saturated heterocycles. The van der Waals surface area contributed by atoms with Gasteiger partial charge in [0.2, 0.25) is 0 Å². The molecule has 3 aromatic rings. The number of phenols is 1. The largest absolute Gasteiger partial charge is 0.506 e. The average Bonchev–Trinajstić information content (AvgIpc) is 2.96. The van der Waals surface area contributed by atoms with Gasteiger partial charge in [-0.1, -0.05) is 29.3 Å². The number of likely N-dealkylation sites (N-methyl/N-ethyl adjacent to an activating group) is 1. The van der Waals surface area contributed by atoms with Crippen molar-refractivity contribution in [2.24, 2.45) is 4.99 Å². The summed E-state index contributed by atoms with van der Waals surface area (Å²) in [6.45, 7) is 9.32. The smallest absolute Gasteiger partial charge is 0.183 e. The summed E-state index contributed by atoms with van der Waals surface area (Å²) >= 11 is 13.1. The molecule has 2 aliphatic heterocycles. The number of aromatic hydroxyl groups is 1. The van der Waals surface area contributed by atoms with E-state index in [0.717, 1.165) is 50.2 Å². The minimum atomic E-state index is -0.482. The Labute approximate surface area is 249 Å². The molecule has 5 rings (SSSR count). The van der Waals surface area contributed by atoms with Crippen molar-refractivity contribution in [3.63, 3.8) is 0 Å². The molecule has 0 aliphatic carbocycles. The highest BCUT2D eigenvalue weighted by atomic mass is 35.5. The predicted molar refractivity (Wildman–Crippen MR) is 162 cm³/mol. The Morgan fingerprint density at radius 2 is 1.83 bits per heavy atom. The molecular weight excluding hydrogens is 568 g/mol. The maximum Gasteiger partial charge on any atom is 0.183 e. The van der Waals surface area contributed by atoms with Crippen LogP contribution in [0, 0.1) is 12.7 Å². The standard InChI is InChI=1S/C29H34Cl2FN7O2/c1-19-11-20(18-38-5-3-37(2)4-6-38)12-23(30)27(19)35-22-13-21(28(40)24(31)14-22)15-33-17-26-34-16-25(32)29(36-26)39-7-9-41-10-8-39/h11-16,35,40H,3-10,17-18H2,1-2H3. The maximum atomic E-state index is 14.3. The van der Waals surface area contributed by atoms with Crippen molar-refractivity contribution in [1.29, 1.82) is 0 Å². The van der Waals surface area contributed by atoms with E-state index in [0.29, 0.717) is 48.4 Å². The summed E-state index contributed by atoms with van der Waals surface area (Å²) in [4.78, 5) is 19.4. The van der Waals surface area contributed by atoms with Crippen molar-refractivity contribution in [2.75, 3.05) is 69.7 Å². The number of aliphatic imine (C=N–C) groups is 1. The van der Waals surface area contributed by atoms with E-state index in [1.54, 1.807) is 12.1 Å². The number of anilines is 3. The summed E-state index contributed by atoms with van der Waals surface area (Å²) in [5.41, 5.74) is 4.01. The lowest BCUT2D eigenvalue weighted by Gasteiger charge is -2.32. The van der Waals surface area contributed by atoms with Gasteiger partial charge in [0.25, 0.3) is 0 Å². The number of hydrogen-bond donors (Lipinski definition) is 2. The van der Waals surface area contributed by atoms with E-state index in [9.17, 15) is 9.50 Å². The quantitative estimate of drug-likeness (QED) is 0.279. The third-order valence-corrected chi connectivity index (χ3v) is 7.85. The highest BCUT2D eigenvalue weighted by Gasteiger charge is 2.18. The lowest BCUT2D eigenvalue weighted by molar-refractivity contribution is 0.122. The van der Waals surface area contributed by atoms with Crippen LogP contribution in [-0.2, 0) is 17.8 Å². The summed E-state index contributed by atoms with van der Waals surface area (Å²) in [7, 11) is 2.15. The van der Waals surface area contributed by atoms with Gasteiger partial charge in [0.1, 0.15) is 5.75 Å². The predicted octanol–water partition coefficient (Wildman–Crippen LogP) is 4.88. The van der Waals surface area contributed by atoms with Crippen LogP contribution >= 0.6 is 23.2 Å². The van der Waals surface area contributed by atoms with Crippen molar-refractivity contribution in [3.05, 3.63) is 68.8 Å². The molecule has 218 valence electrons. The maximum absolute atomic E-state index is 14.3. The second kappa shape index (κ2) is 13.3. The first-order chi connectivity index (χ1) is 19.8. The average molecular weight is 603 g/mol. The summed E-state index contributed by atoms with van der Waals surface area (Å²) in [5.74, 6) is 0.0277. The lowest BCUT2D eigenvalue weighted by atomic mass is 10.1. The van der Waals surface area contributed by atoms with Crippen LogP contribution in [0.4, 0.5) is 21.6 Å². The molecule has 3 heterocycles. The number of rotatable bonds is 8. The van der Waals surface area contributed by atoms with E-state index in [1.165, 1.54) is 11.8 Å². The number of halogens is 3. The molecule has 12 heteroatoms. The van der Waals surface area contributed by atoms with Crippen LogP contribution in [0.1, 0.15) is 22.5 Å². The number of nitrogens with one attached hydrogen (secondary N) is 1. The summed E-state index contributed by atoms with van der Waals surface area (Å²) in [6, 6.07) is 7.52. The topological polar surface area (TPSA) is 89.3 Å². The first-order valence-electron chi connectivity index (χ1n) is 13.6. The number of benzene rings is 2. The third-order valence-electron chi connectivity index (χ3n) is 7.26. The molecule has 2 aromatic carbocycles. The Hall–Kier alpha value is -3.02. The molecule has 2 N–H and O–H groups in total. The Balaban J connectivity index is 1.28. The van der Waals surface area contributed by atoms with E-state index in [2.05, 4.69) is 43.2 Å². The Kier molecular flexibility index (Phi) is 9.57. The Bertz CT molecular complexity index is 1390. The molecule has 1 aromatic heterocycles. The van der Waals surface area contributed by atoms with Crippen molar-refractivity contribution in [3.8, 4) is 5.75 Å². The SMILES string of the molecule is Cc1cc(CN2CCN(C)CC2)cc(Cl)c1Nc1cc(Cl)c(O)c(C=NCc2ncc(F)c(N3CCOCC3)n2)c1. The number of phenolic OH excluding ortho intramolecular Hbond substituents is 1. The van der Waals surface area contributed by atoms with E-state index < -0.39 is 5.82 Å². The number of morpholine rings is 1. The van der Waals surface area contributed by atoms with E-state index in [-0.39, 0.29) is 23.1 Å². The van der Waals surface area contributed by atoms with E-state index >= 15 is 0 Å². The lowest BCUT2D eigenvalue weighted by Crippen LogP contribution is -2.43. The van der Waals surface area contributed by atoms with Gasteiger partial charge < -0.3 is 25.0 Å². The fraction of sp³-hybridized carbons (Fsp3) is 0.414. The van der Waals surface area contributed by atoms with E-state index in [4.69, 9.17) is 27.9 Å². The van der Waals surface area contributed by atoms with Gasteiger partial charge in [-0.3, -0.25) is 9.89 Å². The molecule has 2 fully saturated rings. The molecule has 0 amide bonds. The number of aromatic nitrogens is 2. The molecule has 0 saturated carbocycles. The Morgan fingerprint density at radius 3 is 2.56 bits per heavy atom. The van der Waals surface area contributed by atoms with Gasteiger partial charge in [0.05, 0.1) is 41.7 Å². The van der Waals surface area contributed by atoms with Crippen LogP contribution < -0.4 is 10.2 Å². The first-order valence-corrected chi connectivity index (χ1v) is 14.4. The van der Waals surface area contributed by atoms with Gasteiger partial charge in [0.15, 0.2) is 17.5 Å². The van der Waals surface area contributed by atoms with Crippen LogP contribution in [0.5, 0.6) is 5.75 Å². The van der Waals surface area contributed by atoms with Crippen LogP contribution in [0.15, 0.2) is 35.5 Å². The van der Waals surface area contributed by atoms with Crippen molar-refractivity contribution in [2.45, 2.75) is 20.0 Å². The first kappa shape index (κ1) is 29.5. The van der Waals surface area contributed by atoms with Crippen LogP contribution in [0.3, 0.4) is 0 Å². The van der Waals surface area contributed by atoms with Crippen LogP contribution in [0.25, 0.3) is 0 Å². The molecule has 2 aliphatic rings. The van der Waals surface area contributed by atoms with Crippen molar-refractivity contribution < 1.29 is 14.2 Å². The molecule has 0 spiro atoms. The fourth-order valence-corrected chi connectivity index (χ4v) is 5.52. The molecule has 0 atom stereocenters. The molecule has 9 nitrogen and oxygen atoms in total. The molecular formula is C29H34Cl2FN7O2. The summed E-state index contributed by atoms with van der Waals surface area (Å²) < 4.78 is 19.7. The van der Waals surface area contributed by atoms with Gasteiger partial charge in [-0.15, -0.1) is 0 Å². The number of nitrogens with zero attached hydrogens (tertiary/aromatic N) is 6. The van der Waals surface area contributed by atoms with Crippen molar-refractivity contribution >= 4 is 46.6 Å². The number of aryl methyl sites for hydroxylation is 1. The fourth-order valence-electron chi connectivity index (χ4n) is 4.96. The number of piperazine rings is 1. The molecule has 0 radical (unpaired) electrons. The molecule has 0 unspecified atom stereocenters. The normalized spacial score (nSPS) is 17.0. The van der Waals surface area contributed by atoms with Gasteiger partial charge in [-0.05, 0) is 43.3 Å². The monoisotopic (exact) mass is 601 g/mol. The van der Waals surface area contributed by atoms with E-state index in [1.807, 2.05) is 17.9 Å². The van der Waals surface area contributed by atoms with Gasteiger partial charge in [-0.2, -0.15) is 0 Å². The zero-order valence-corrected chi connectivity index (χ0v) is 24.7. The van der Waals surface area contributed by atoms with Crippen LogP contribution in [0.2, 0.25) is 10.0 Å². The van der Waals surface area contributed by atoms with Gasteiger partial charge >= 0.3 is 0 Å². The number of hydrogen-bond acceptors (Lipinski definition) is 9. The zero-order valence-electron chi connectivity index (χ0n) is 23.2. The molecule has 41 heavy (non-hydrogen) atoms.